The molecule has 1 heterocycles. The largest absolute Gasteiger partial charge is 0.480 e. The Bertz CT molecular complexity index is 1140. The van der Waals surface area contributed by atoms with Gasteiger partial charge < -0.3 is 37.5 Å². The van der Waals surface area contributed by atoms with Gasteiger partial charge in [-0.3, -0.25) is 19.2 Å². The smallest absolute Gasteiger partial charge is 0.326 e. The molecule has 9 N–H and O–H groups in total. The molecule has 2 aromatic rings. The number of carboxylic acid groups (broad SMARTS) is 1. The number of carbonyl (C=O) groups excluding carboxylic acids is 4. The predicted octanol–water partition coefficient (Wildman–Crippen LogP) is -0.572. The number of hydrogen-bond donors (Lipinski definition) is 8. The fourth-order valence-electron chi connectivity index (χ4n) is 3.72. The summed E-state index contributed by atoms with van der Waals surface area (Å²) in [6.07, 6.45) is 1.86. The van der Waals surface area contributed by atoms with Gasteiger partial charge in [-0.25, -0.2) is 4.79 Å². The number of nitrogens with one attached hydrogen (secondary N) is 4. The van der Waals surface area contributed by atoms with Crippen LogP contribution in [0.15, 0.2) is 30.5 Å². The number of rotatable bonds is 14. The second kappa shape index (κ2) is 13.7. The summed E-state index contributed by atoms with van der Waals surface area (Å²) >= 11 is 4.11. The number of aromatic amines is 1. The third-order valence-corrected chi connectivity index (χ3v) is 6.45. The van der Waals surface area contributed by atoms with Gasteiger partial charge in [0.15, 0.2) is 0 Å². The maximum Gasteiger partial charge on any atom is 0.326 e. The van der Waals surface area contributed by atoms with Gasteiger partial charge in [0.05, 0.1) is 12.5 Å². The van der Waals surface area contributed by atoms with Crippen LogP contribution in [0.25, 0.3) is 10.9 Å². The van der Waals surface area contributed by atoms with Gasteiger partial charge in [0.1, 0.15) is 18.1 Å². The van der Waals surface area contributed by atoms with Crippen molar-refractivity contribution in [2.75, 3.05) is 5.75 Å². The van der Waals surface area contributed by atoms with E-state index in [4.69, 9.17) is 11.5 Å². The molecule has 5 unspecified atom stereocenters. The lowest BCUT2D eigenvalue weighted by molar-refractivity contribution is -0.144. The molecule has 0 saturated carbocycles. The molecule has 12 nitrogen and oxygen atoms in total. The normalized spacial score (nSPS) is 15.1. The number of fused-ring (bicyclic) bond motifs is 1. The number of nitrogens with two attached hydrogens (primary N) is 2. The maximum atomic E-state index is 12.9. The molecule has 5 atom stereocenters. The second-order valence-electron chi connectivity index (χ2n) is 8.86. The number of primary amides is 1. The molecule has 2 rings (SSSR count). The van der Waals surface area contributed by atoms with Crippen LogP contribution in [0.1, 0.15) is 32.3 Å². The van der Waals surface area contributed by atoms with Crippen molar-refractivity contribution in [1.82, 2.24) is 20.9 Å². The number of para-hydroxylation sites is 1. The first-order valence-corrected chi connectivity index (χ1v) is 12.4. The van der Waals surface area contributed by atoms with E-state index in [-0.39, 0.29) is 12.2 Å². The van der Waals surface area contributed by atoms with E-state index in [9.17, 15) is 29.1 Å². The summed E-state index contributed by atoms with van der Waals surface area (Å²) in [6, 6.07) is 2.70. The number of hydrogen-bond acceptors (Lipinski definition) is 7. The highest BCUT2D eigenvalue weighted by Gasteiger charge is 2.32. The van der Waals surface area contributed by atoms with Crippen molar-refractivity contribution in [3.8, 4) is 0 Å². The van der Waals surface area contributed by atoms with Crippen molar-refractivity contribution in [2.24, 2.45) is 17.4 Å². The summed E-state index contributed by atoms with van der Waals surface area (Å²) in [4.78, 5) is 64.5. The minimum Gasteiger partial charge on any atom is -0.480 e. The van der Waals surface area contributed by atoms with Gasteiger partial charge in [-0.1, -0.05) is 38.5 Å². The molecule has 1 aromatic heterocycles. The van der Waals surface area contributed by atoms with Crippen LogP contribution in [-0.2, 0) is 30.4 Å². The maximum absolute atomic E-state index is 12.9. The van der Waals surface area contributed by atoms with Gasteiger partial charge in [0, 0.05) is 22.9 Å². The van der Waals surface area contributed by atoms with Gasteiger partial charge in [-0.15, -0.1) is 0 Å². The van der Waals surface area contributed by atoms with Gasteiger partial charge >= 0.3 is 5.97 Å². The summed E-state index contributed by atoms with van der Waals surface area (Å²) in [7, 11) is 0. The van der Waals surface area contributed by atoms with Crippen LogP contribution in [0.3, 0.4) is 0 Å². The highest BCUT2D eigenvalue weighted by atomic mass is 32.1. The number of amides is 4. The Morgan fingerprint density at radius 2 is 1.65 bits per heavy atom. The SMILES string of the molecule is CCC(C)C(NC(=O)C(CC(N)=O)NC(=O)C(CS)NC(=O)C(N)Cc1c[nH]c2ccccc12)C(=O)O. The predicted molar refractivity (Wildman–Crippen MR) is 141 cm³/mol. The minimum atomic E-state index is -1.45. The summed E-state index contributed by atoms with van der Waals surface area (Å²) in [5, 5.41) is 17.6. The Balaban J connectivity index is 2.06. The standard InChI is InChI=1S/C24H34N6O6S/c1-3-12(2)20(24(35)36)30-22(33)17(9-19(26)31)28-23(34)18(11-37)29-21(32)15(25)8-13-10-27-16-7-5-4-6-14(13)16/h4-7,10,12,15,17-18,20,27,37H,3,8-9,11,25H2,1-2H3,(H2,26,31)(H,28,34)(H,29,32)(H,30,33)(H,35,36). The van der Waals surface area contributed by atoms with Crippen molar-refractivity contribution in [3.05, 3.63) is 36.0 Å². The van der Waals surface area contributed by atoms with Crippen LogP contribution < -0.4 is 27.4 Å². The van der Waals surface area contributed by atoms with Gasteiger partial charge in [-0.05, 0) is 24.0 Å². The van der Waals surface area contributed by atoms with Crippen LogP contribution in [0.2, 0.25) is 0 Å². The molecule has 0 fully saturated rings. The van der Waals surface area contributed by atoms with Crippen LogP contribution in [0, 0.1) is 5.92 Å². The lowest BCUT2D eigenvalue weighted by Gasteiger charge is -2.25. The van der Waals surface area contributed by atoms with E-state index in [1.54, 1.807) is 20.0 Å². The molecule has 37 heavy (non-hydrogen) atoms. The Labute approximate surface area is 219 Å². The third kappa shape index (κ3) is 8.22. The summed E-state index contributed by atoms with van der Waals surface area (Å²) in [6.45, 7) is 3.41. The van der Waals surface area contributed by atoms with Crippen LogP contribution >= 0.6 is 12.6 Å². The zero-order valence-electron chi connectivity index (χ0n) is 20.7. The molecule has 0 saturated heterocycles. The number of aliphatic carboxylic acids is 1. The van der Waals surface area contributed by atoms with E-state index in [2.05, 4.69) is 33.6 Å². The van der Waals surface area contributed by atoms with Crippen molar-refractivity contribution >= 4 is 53.1 Å². The first-order valence-electron chi connectivity index (χ1n) is 11.8. The molecule has 4 amide bonds. The van der Waals surface area contributed by atoms with E-state index in [1.807, 2.05) is 24.3 Å². The van der Waals surface area contributed by atoms with Gasteiger partial charge in [-0.2, -0.15) is 12.6 Å². The Morgan fingerprint density at radius 1 is 1.03 bits per heavy atom. The Morgan fingerprint density at radius 3 is 2.24 bits per heavy atom. The third-order valence-electron chi connectivity index (χ3n) is 6.08. The van der Waals surface area contributed by atoms with E-state index < -0.39 is 66.1 Å². The summed E-state index contributed by atoms with van der Waals surface area (Å²) in [5.41, 5.74) is 13.0. The lowest BCUT2D eigenvalue weighted by Crippen LogP contribution is -2.59. The molecule has 0 bridgehead atoms. The van der Waals surface area contributed by atoms with Crippen LogP contribution in [0.5, 0.6) is 0 Å². The number of thiol groups is 1. The quantitative estimate of drug-likeness (QED) is 0.148. The highest BCUT2D eigenvalue weighted by molar-refractivity contribution is 7.80. The Hall–Kier alpha value is -3.58. The number of aromatic nitrogens is 1. The molecular formula is C24H34N6O6S. The molecule has 0 spiro atoms. The number of carbonyl (C=O) groups is 5. The molecular weight excluding hydrogens is 500 g/mol. The average Bonchev–Trinajstić information content (AvgIpc) is 3.26. The average molecular weight is 535 g/mol. The number of benzene rings is 1. The van der Waals surface area contributed by atoms with Crippen molar-refractivity contribution in [3.63, 3.8) is 0 Å². The zero-order chi connectivity index (χ0) is 27.7. The Kier molecular flexibility index (Phi) is 10.9. The topological polar surface area (TPSA) is 209 Å². The fraction of sp³-hybridized carbons (Fsp3) is 0.458. The van der Waals surface area contributed by atoms with E-state index in [0.717, 1.165) is 16.5 Å². The van der Waals surface area contributed by atoms with Gasteiger partial charge in [0.2, 0.25) is 23.6 Å². The molecule has 0 radical (unpaired) electrons. The first kappa shape index (κ1) is 29.6. The van der Waals surface area contributed by atoms with Crippen molar-refractivity contribution in [1.29, 1.82) is 0 Å². The van der Waals surface area contributed by atoms with Crippen LogP contribution in [-0.4, -0.2) is 69.6 Å². The lowest BCUT2D eigenvalue weighted by atomic mass is 9.98. The first-order chi connectivity index (χ1) is 17.5. The van der Waals surface area contributed by atoms with Crippen molar-refractivity contribution in [2.45, 2.75) is 57.3 Å². The molecule has 202 valence electrons. The highest BCUT2D eigenvalue weighted by Crippen LogP contribution is 2.18. The van der Waals surface area contributed by atoms with Gasteiger partial charge in [0.25, 0.3) is 0 Å². The molecule has 0 aliphatic carbocycles. The minimum absolute atomic E-state index is 0.132. The van der Waals surface area contributed by atoms with E-state index in [1.165, 1.54) is 0 Å². The number of H-pyrrole nitrogens is 1. The summed E-state index contributed by atoms with van der Waals surface area (Å²) < 4.78 is 0. The van der Waals surface area contributed by atoms with Crippen molar-refractivity contribution < 1.29 is 29.1 Å². The monoisotopic (exact) mass is 534 g/mol. The molecule has 13 heteroatoms. The van der Waals surface area contributed by atoms with E-state index >= 15 is 0 Å². The number of carboxylic acids is 1. The summed E-state index contributed by atoms with van der Waals surface area (Å²) in [5.74, 6) is -4.99. The molecule has 0 aliphatic heterocycles. The second-order valence-corrected chi connectivity index (χ2v) is 9.22. The fourth-order valence-corrected chi connectivity index (χ4v) is 3.98. The van der Waals surface area contributed by atoms with E-state index in [0.29, 0.717) is 6.42 Å². The van der Waals surface area contributed by atoms with Crippen LogP contribution in [0.4, 0.5) is 0 Å². The zero-order valence-corrected chi connectivity index (χ0v) is 21.6. The molecule has 1 aromatic carbocycles. The molecule has 0 aliphatic rings.